The van der Waals surface area contributed by atoms with Crippen molar-refractivity contribution in [1.82, 2.24) is 5.43 Å². The molecule has 0 saturated heterocycles. The Balaban J connectivity index is 1.88. The molecule has 8 nitrogen and oxygen atoms in total. The topological polar surface area (TPSA) is 124 Å². The molecule has 0 atom stereocenters. The van der Waals surface area contributed by atoms with Gasteiger partial charge in [0.05, 0.1) is 10.5 Å². The SMILES string of the molecule is NC1=NNC(=O)/C1=C/c1ccc(-c2ccc([N+](=O)[O-])cc2)o1. The maximum atomic E-state index is 11.5. The Morgan fingerprint density at radius 3 is 2.55 bits per heavy atom. The second-order valence-corrected chi connectivity index (χ2v) is 4.50. The van der Waals surface area contributed by atoms with Gasteiger partial charge in [0.2, 0.25) is 0 Å². The average molecular weight is 298 g/mol. The number of carbonyl (C=O) groups excluding carboxylic acids is 1. The third-order valence-electron chi connectivity index (χ3n) is 3.07. The number of hydrogen-bond donors (Lipinski definition) is 2. The van der Waals surface area contributed by atoms with E-state index in [1.165, 1.54) is 18.2 Å². The molecule has 1 aliphatic heterocycles. The van der Waals surface area contributed by atoms with Gasteiger partial charge in [-0.05, 0) is 30.3 Å². The van der Waals surface area contributed by atoms with Gasteiger partial charge in [-0.1, -0.05) is 0 Å². The van der Waals surface area contributed by atoms with Gasteiger partial charge in [-0.3, -0.25) is 14.9 Å². The van der Waals surface area contributed by atoms with Crippen molar-refractivity contribution < 1.29 is 14.1 Å². The van der Waals surface area contributed by atoms with E-state index in [-0.39, 0.29) is 17.1 Å². The number of nitrogens with one attached hydrogen (secondary N) is 1. The molecule has 2 aromatic rings. The number of benzene rings is 1. The number of nitrogens with two attached hydrogens (primary N) is 1. The predicted octanol–water partition coefficient (Wildman–Crippen LogP) is 1.64. The average Bonchev–Trinajstić information content (AvgIpc) is 3.10. The molecule has 0 saturated carbocycles. The summed E-state index contributed by atoms with van der Waals surface area (Å²) in [6.07, 6.45) is 1.48. The maximum absolute atomic E-state index is 11.5. The van der Waals surface area contributed by atoms with Crippen molar-refractivity contribution in [3.05, 3.63) is 57.8 Å². The van der Waals surface area contributed by atoms with Gasteiger partial charge in [-0.25, -0.2) is 5.43 Å². The largest absolute Gasteiger partial charge is 0.457 e. The summed E-state index contributed by atoms with van der Waals surface area (Å²) < 4.78 is 5.59. The molecule has 110 valence electrons. The molecule has 22 heavy (non-hydrogen) atoms. The maximum Gasteiger partial charge on any atom is 0.275 e. The van der Waals surface area contributed by atoms with Crippen LogP contribution in [0.5, 0.6) is 0 Å². The molecule has 0 aliphatic carbocycles. The number of furan rings is 1. The van der Waals surface area contributed by atoms with E-state index < -0.39 is 10.8 Å². The van der Waals surface area contributed by atoms with Crippen molar-refractivity contribution in [3.8, 4) is 11.3 Å². The van der Waals surface area contributed by atoms with Crippen LogP contribution in [0.2, 0.25) is 0 Å². The van der Waals surface area contributed by atoms with Crippen LogP contribution < -0.4 is 11.2 Å². The first-order valence-corrected chi connectivity index (χ1v) is 6.25. The Morgan fingerprint density at radius 1 is 1.23 bits per heavy atom. The van der Waals surface area contributed by atoms with Crippen LogP contribution in [0.25, 0.3) is 17.4 Å². The fourth-order valence-electron chi connectivity index (χ4n) is 1.96. The molecular formula is C14H10N4O4. The Labute approximate surface area is 124 Å². The first-order chi connectivity index (χ1) is 10.5. The molecule has 0 spiro atoms. The van der Waals surface area contributed by atoms with Crippen LogP contribution in [0.4, 0.5) is 5.69 Å². The van der Waals surface area contributed by atoms with Crippen molar-refractivity contribution >= 4 is 23.5 Å². The lowest BCUT2D eigenvalue weighted by molar-refractivity contribution is -0.384. The lowest BCUT2D eigenvalue weighted by Gasteiger charge is -1.97. The highest BCUT2D eigenvalue weighted by atomic mass is 16.6. The minimum atomic E-state index is -0.470. The van der Waals surface area contributed by atoms with Gasteiger partial charge >= 0.3 is 0 Å². The normalized spacial score (nSPS) is 15.7. The summed E-state index contributed by atoms with van der Waals surface area (Å²) in [5, 5.41) is 14.2. The molecule has 0 unspecified atom stereocenters. The van der Waals surface area contributed by atoms with E-state index in [9.17, 15) is 14.9 Å². The zero-order valence-electron chi connectivity index (χ0n) is 11.1. The molecule has 1 aliphatic rings. The summed E-state index contributed by atoms with van der Waals surface area (Å²) >= 11 is 0. The first kappa shape index (κ1) is 13.6. The second kappa shape index (κ2) is 5.17. The number of nitrogens with zero attached hydrogens (tertiary/aromatic N) is 2. The summed E-state index contributed by atoms with van der Waals surface area (Å²) in [5.74, 6) is 0.651. The number of amidine groups is 1. The summed E-state index contributed by atoms with van der Waals surface area (Å²) in [6, 6.07) is 9.34. The van der Waals surface area contributed by atoms with Crippen molar-refractivity contribution in [2.24, 2.45) is 10.8 Å². The third kappa shape index (κ3) is 2.44. The number of non-ortho nitro benzene ring substituents is 1. The van der Waals surface area contributed by atoms with Crippen molar-refractivity contribution in [2.75, 3.05) is 0 Å². The molecule has 3 rings (SSSR count). The van der Waals surface area contributed by atoms with Crippen LogP contribution >= 0.6 is 0 Å². The molecule has 3 N–H and O–H groups in total. The second-order valence-electron chi connectivity index (χ2n) is 4.50. The Hall–Kier alpha value is -3.42. The number of rotatable bonds is 3. The van der Waals surface area contributed by atoms with Gasteiger partial charge in [0.25, 0.3) is 11.6 Å². The zero-order chi connectivity index (χ0) is 15.7. The highest BCUT2D eigenvalue weighted by molar-refractivity contribution is 6.26. The zero-order valence-corrected chi connectivity index (χ0v) is 11.1. The van der Waals surface area contributed by atoms with E-state index in [0.717, 1.165) is 0 Å². The van der Waals surface area contributed by atoms with Gasteiger partial charge in [0, 0.05) is 17.7 Å². The smallest absolute Gasteiger partial charge is 0.275 e. The summed E-state index contributed by atoms with van der Waals surface area (Å²) in [6.45, 7) is 0. The third-order valence-corrected chi connectivity index (χ3v) is 3.07. The van der Waals surface area contributed by atoms with Crippen LogP contribution in [0.1, 0.15) is 5.76 Å². The Bertz CT molecular complexity index is 818. The van der Waals surface area contributed by atoms with Crippen LogP contribution in [0.15, 0.2) is 51.5 Å². The number of nitro benzene ring substituents is 1. The van der Waals surface area contributed by atoms with E-state index in [1.807, 2.05) is 0 Å². The summed E-state index contributed by atoms with van der Waals surface area (Å²) in [7, 11) is 0. The van der Waals surface area contributed by atoms with Gasteiger partial charge < -0.3 is 10.2 Å². The highest BCUT2D eigenvalue weighted by Gasteiger charge is 2.20. The summed E-state index contributed by atoms with van der Waals surface area (Å²) in [5.41, 5.74) is 8.74. The highest BCUT2D eigenvalue weighted by Crippen LogP contribution is 2.25. The monoisotopic (exact) mass is 298 g/mol. The van der Waals surface area contributed by atoms with Crippen LogP contribution in [0.3, 0.4) is 0 Å². The Morgan fingerprint density at radius 2 is 1.95 bits per heavy atom. The lowest BCUT2D eigenvalue weighted by atomic mass is 10.1. The van der Waals surface area contributed by atoms with Crippen LogP contribution in [0, 0.1) is 10.1 Å². The number of amides is 1. The van der Waals surface area contributed by atoms with E-state index in [0.29, 0.717) is 17.1 Å². The standard InChI is InChI=1S/C14H10N4O4/c15-13-11(14(19)17-16-13)7-10-5-6-12(22-10)8-1-3-9(4-2-8)18(20)21/h1-7H,(H2,15,16)(H,17,19)/b11-7+. The molecule has 0 bridgehead atoms. The molecule has 1 amide bonds. The van der Waals surface area contributed by atoms with Crippen molar-refractivity contribution in [1.29, 1.82) is 0 Å². The number of nitro groups is 1. The van der Waals surface area contributed by atoms with Gasteiger partial charge in [0.1, 0.15) is 11.5 Å². The van der Waals surface area contributed by atoms with Crippen LogP contribution in [-0.4, -0.2) is 16.7 Å². The molecule has 2 heterocycles. The number of carbonyl (C=O) groups is 1. The first-order valence-electron chi connectivity index (χ1n) is 6.25. The quantitative estimate of drug-likeness (QED) is 0.506. The van der Waals surface area contributed by atoms with E-state index in [4.69, 9.17) is 10.2 Å². The van der Waals surface area contributed by atoms with Gasteiger partial charge in [0.15, 0.2) is 5.84 Å². The fraction of sp³-hybridized carbons (Fsp3) is 0. The molecule has 1 aromatic carbocycles. The lowest BCUT2D eigenvalue weighted by Crippen LogP contribution is -2.16. The minimum absolute atomic E-state index is 0.00394. The van der Waals surface area contributed by atoms with E-state index in [2.05, 4.69) is 10.5 Å². The number of hydrazone groups is 1. The molecule has 0 fully saturated rings. The fourth-order valence-corrected chi connectivity index (χ4v) is 1.96. The minimum Gasteiger partial charge on any atom is -0.457 e. The van der Waals surface area contributed by atoms with Crippen LogP contribution in [-0.2, 0) is 4.79 Å². The molecular weight excluding hydrogens is 288 g/mol. The predicted molar refractivity (Wildman–Crippen MR) is 78.5 cm³/mol. The summed E-state index contributed by atoms with van der Waals surface area (Å²) in [4.78, 5) is 21.6. The number of hydrogen-bond acceptors (Lipinski definition) is 6. The van der Waals surface area contributed by atoms with E-state index >= 15 is 0 Å². The molecule has 8 heteroatoms. The molecule has 1 aromatic heterocycles. The van der Waals surface area contributed by atoms with Gasteiger partial charge in [-0.15, -0.1) is 0 Å². The van der Waals surface area contributed by atoms with Crippen molar-refractivity contribution in [2.45, 2.75) is 0 Å². The van der Waals surface area contributed by atoms with E-state index in [1.54, 1.807) is 24.3 Å². The molecule has 0 radical (unpaired) electrons. The van der Waals surface area contributed by atoms with Gasteiger partial charge in [-0.2, -0.15) is 5.10 Å². The Kier molecular flexibility index (Phi) is 3.18. The van der Waals surface area contributed by atoms with Crippen molar-refractivity contribution in [3.63, 3.8) is 0 Å².